The Hall–Kier alpha value is -0.210. The van der Waals surface area contributed by atoms with Crippen LogP contribution in [0.15, 0.2) is 0 Å². The molecule has 1 rings (SSSR count). The third kappa shape index (κ3) is 8.50. The Morgan fingerprint density at radius 2 is 1.94 bits per heavy atom. The topological polar surface area (TPSA) is 71.1 Å². The summed E-state index contributed by atoms with van der Waals surface area (Å²) in [7, 11) is -3.37. The summed E-state index contributed by atoms with van der Waals surface area (Å²) in [4.78, 5) is 0. The molecule has 1 heterocycles. The molecule has 0 amide bonds. The molecule has 1 aliphatic heterocycles. The minimum absolute atomic E-state index is 0.0404. The summed E-state index contributed by atoms with van der Waals surface area (Å²) in [5.41, 5.74) is 0. The van der Waals surface area contributed by atoms with Crippen molar-refractivity contribution in [3.05, 3.63) is 0 Å². The molecule has 1 saturated heterocycles. The van der Waals surface area contributed by atoms with Gasteiger partial charge in [0.1, 0.15) is 0 Å². The molecule has 0 saturated carbocycles. The average molecular weight is 268 g/mol. The van der Waals surface area contributed by atoms with Crippen LogP contribution in [0, 0.1) is 0 Å². The van der Waals surface area contributed by atoms with Gasteiger partial charge in [-0.15, -0.1) is 0 Å². The summed E-state index contributed by atoms with van der Waals surface area (Å²) in [6.45, 7) is 1.89. The number of rotatable bonds is 8. The first-order chi connectivity index (χ1) is 8.08. The van der Waals surface area contributed by atoms with Crippen LogP contribution in [-0.2, 0) is 28.5 Å². The van der Waals surface area contributed by atoms with Gasteiger partial charge in [0.15, 0.2) is 6.29 Å². The van der Waals surface area contributed by atoms with Crippen molar-refractivity contribution in [3.8, 4) is 0 Å². The summed E-state index contributed by atoms with van der Waals surface area (Å²) in [6.07, 6.45) is 4.06. The summed E-state index contributed by atoms with van der Waals surface area (Å²) in [5, 5.41) is 0. The van der Waals surface area contributed by atoms with E-state index in [0.717, 1.165) is 32.1 Å². The highest BCUT2D eigenvalue weighted by Crippen LogP contribution is 2.13. The minimum atomic E-state index is -3.37. The normalized spacial score (nSPS) is 21.6. The predicted molar refractivity (Wildman–Crippen MR) is 61.2 cm³/mol. The van der Waals surface area contributed by atoms with Gasteiger partial charge in [-0.2, -0.15) is 8.42 Å². The predicted octanol–water partition coefficient (Wildman–Crippen LogP) is 0.522. The lowest BCUT2D eigenvalue weighted by molar-refractivity contribution is -0.169. The lowest BCUT2D eigenvalue weighted by Crippen LogP contribution is -2.24. The first-order valence-corrected chi connectivity index (χ1v) is 7.55. The highest BCUT2D eigenvalue weighted by molar-refractivity contribution is 7.85. The van der Waals surface area contributed by atoms with E-state index in [-0.39, 0.29) is 19.5 Å². The van der Waals surface area contributed by atoms with Crippen LogP contribution in [0.1, 0.15) is 19.3 Å². The zero-order chi connectivity index (χ0) is 12.6. The van der Waals surface area contributed by atoms with Crippen LogP contribution in [0.5, 0.6) is 0 Å². The van der Waals surface area contributed by atoms with Crippen LogP contribution in [0.4, 0.5) is 0 Å². The molecule has 0 aromatic carbocycles. The molecule has 6 nitrogen and oxygen atoms in total. The molecule has 1 unspecified atom stereocenters. The van der Waals surface area contributed by atoms with E-state index in [1.165, 1.54) is 0 Å². The fourth-order valence-electron chi connectivity index (χ4n) is 1.43. The van der Waals surface area contributed by atoms with Crippen molar-refractivity contribution in [2.45, 2.75) is 25.6 Å². The molecule has 1 fully saturated rings. The van der Waals surface area contributed by atoms with Gasteiger partial charge in [0.25, 0.3) is 10.1 Å². The zero-order valence-corrected chi connectivity index (χ0v) is 10.9. The molecule has 17 heavy (non-hydrogen) atoms. The lowest BCUT2D eigenvalue weighted by Gasteiger charge is -2.22. The fourth-order valence-corrected chi connectivity index (χ4v) is 1.80. The lowest BCUT2D eigenvalue weighted by atomic mass is 10.2. The van der Waals surface area contributed by atoms with E-state index in [9.17, 15) is 8.42 Å². The Labute approximate surface area is 102 Å². The van der Waals surface area contributed by atoms with Gasteiger partial charge in [-0.25, -0.2) is 0 Å². The second kappa shape index (κ2) is 7.99. The number of hydrogen-bond acceptors (Lipinski definition) is 6. The minimum Gasteiger partial charge on any atom is -0.377 e. The molecule has 0 aromatic rings. The monoisotopic (exact) mass is 268 g/mol. The van der Waals surface area contributed by atoms with Crippen molar-refractivity contribution in [2.24, 2.45) is 0 Å². The van der Waals surface area contributed by atoms with Gasteiger partial charge in [0, 0.05) is 6.61 Å². The largest absolute Gasteiger partial charge is 0.377 e. The smallest absolute Gasteiger partial charge is 0.264 e. The van der Waals surface area contributed by atoms with Crippen molar-refractivity contribution < 1.29 is 26.8 Å². The highest BCUT2D eigenvalue weighted by Gasteiger charge is 2.13. The molecular formula is C10H20O6S. The van der Waals surface area contributed by atoms with E-state index in [2.05, 4.69) is 4.18 Å². The maximum absolute atomic E-state index is 10.6. The van der Waals surface area contributed by atoms with E-state index in [1.807, 2.05) is 0 Å². The van der Waals surface area contributed by atoms with Gasteiger partial charge in [0.2, 0.25) is 0 Å². The van der Waals surface area contributed by atoms with Crippen molar-refractivity contribution in [1.29, 1.82) is 0 Å². The Bertz CT molecular complexity index is 283. The molecule has 7 heteroatoms. The van der Waals surface area contributed by atoms with Gasteiger partial charge in [-0.05, 0) is 19.3 Å². The van der Waals surface area contributed by atoms with Crippen LogP contribution >= 0.6 is 0 Å². The molecule has 102 valence electrons. The van der Waals surface area contributed by atoms with E-state index in [4.69, 9.17) is 14.2 Å². The summed E-state index contributed by atoms with van der Waals surface area (Å²) in [6, 6.07) is 0. The van der Waals surface area contributed by atoms with Gasteiger partial charge >= 0.3 is 0 Å². The zero-order valence-electron chi connectivity index (χ0n) is 10.1. The first kappa shape index (κ1) is 14.8. The van der Waals surface area contributed by atoms with Crippen molar-refractivity contribution in [3.63, 3.8) is 0 Å². The maximum atomic E-state index is 10.6. The summed E-state index contributed by atoms with van der Waals surface area (Å²) in [5.74, 6) is 0. The van der Waals surface area contributed by atoms with E-state index in [1.54, 1.807) is 0 Å². The van der Waals surface area contributed by atoms with Crippen molar-refractivity contribution in [1.82, 2.24) is 0 Å². The first-order valence-electron chi connectivity index (χ1n) is 5.73. The maximum Gasteiger partial charge on any atom is 0.264 e. The molecule has 1 aliphatic rings. The van der Waals surface area contributed by atoms with E-state index in [0.29, 0.717) is 13.2 Å². The van der Waals surface area contributed by atoms with Gasteiger partial charge < -0.3 is 14.2 Å². The average Bonchev–Trinajstić information content (AvgIpc) is 2.28. The SMILES string of the molecule is CS(=O)(=O)OCCOCCOC1CCCCO1. The Kier molecular flexibility index (Phi) is 6.98. The number of ether oxygens (including phenoxy) is 3. The van der Waals surface area contributed by atoms with Crippen molar-refractivity contribution >= 4 is 10.1 Å². The Balaban J connectivity index is 1.87. The standard InChI is InChI=1S/C10H20O6S/c1-17(11,12)16-9-7-13-6-8-15-10-4-2-3-5-14-10/h10H,2-9H2,1H3. The Morgan fingerprint density at radius 3 is 2.59 bits per heavy atom. The molecule has 0 aliphatic carbocycles. The summed E-state index contributed by atoms with van der Waals surface area (Å²) >= 11 is 0. The number of hydrogen-bond donors (Lipinski definition) is 0. The quantitative estimate of drug-likeness (QED) is 0.472. The molecule has 0 aromatic heterocycles. The molecular weight excluding hydrogens is 248 g/mol. The molecule has 0 spiro atoms. The van der Waals surface area contributed by atoms with Gasteiger partial charge in [-0.1, -0.05) is 0 Å². The van der Waals surface area contributed by atoms with E-state index >= 15 is 0 Å². The van der Waals surface area contributed by atoms with Gasteiger partial charge in [0.05, 0.1) is 32.7 Å². The Morgan fingerprint density at radius 1 is 1.18 bits per heavy atom. The van der Waals surface area contributed by atoms with Crippen LogP contribution in [0.3, 0.4) is 0 Å². The highest BCUT2D eigenvalue weighted by atomic mass is 32.2. The van der Waals surface area contributed by atoms with E-state index < -0.39 is 10.1 Å². The second-order valence-corrected chi connectivity index (χ2v) is 5.45. The summed E-state index contributed by atoms with van der Waals surface area (Å²) < 4.78 is 41.7. The van der Waals surface area contributed by atoms with Crippen LogP contribution in [-0.4, -0.2) is 54.0 Å². The van der Waals surface area contributed by atoms with Crippen LogP contribution in [0.25, 0.3) is 0 Å². The third-order valence-corrected chi connectivity index (χ3v) is 2.79. The fraction of sp³-hybridized carbons (Fsp3) is 1.00. The second-order valence-electron chi connectivity index (χ2n) is 3.81. The molecule has 0 N–H and O–H groups in total. The van der Waals surface area contributed by atoms with Crippen LogP contribution in [0.2, 0.25) is 0 Å². The van der Waals surface area contributed by atoms with Crippen LogP contribution < -0.4 is 0 Å². The molecule has 0 radical (unpaired) electrons. The molecule has 0 bridgehead atoms. The van der Waals surface area contributed by atoms with Gasteiger partial charge in [-0.3, -0.25) is 4.18 Å². The third-order valence-electron chi connectivity index (χ3n) is 2.19. The van der Waals surface area contributed by atoms with Crippen molar-refractivity contribution in [2.75, 3.05) is 39.3 Å². The molecule has 1 atom stereocenters.